The maximum atomic E-state index is 14.1. The molecule has 3 nitrogen and oxygen atoms in total. The Bertz CT molecular complexity index is 779. The van der Waals surface area contributed by atoms with Crippen LogP contribution in [-0.2, 0) is 11.2 Å². The number of benzene rings is 1. The number of fused-ring (bicyclic) bond motifs is 1. The predicted molar refractivity (Wildman–Crippen MR) is 79.1 cm³/mol. The van der Waals surface area contributed by atoms with Crippen molar-refractivity contribution in [3.63, 3.8) is 0 Å². The lowest BCUT2D eigenvalue weighted by Gasteiger charge is -2.20. The Balaban J connectivity index is 1.60. The first-order valence-electron chi connectivity index (χ1n) is 8.33. The number of hydrogen-bond acceptors (Lipinski definition) is 2. The molecule has 0 unspecified atom stereocenters. The van der Waals surface area contributed by atoms with E-state index < -0.39 is 34.8 Å². The van der Waals surface area contributed by atoms with Gasteiger partial charge in [-0.15, -0.1) is 0 Å². The number of rotatable bonds is 2. The van der Waals surface area contributed by atoms with Crippen molar-refractivity contribution in [1.82, 2.24) is 5.32 Å². The van der Waals surface area contributed by atoms with Gasteiger partial charge in [0, 0.05) is 11.0 Å². The molecule has 0 radical (unpaired) electrons. The second-order valence-corrected chi connectivity index (χ2v) is 7.31. The molecular weight excluding hydrogens is 317 g/mol. The first kappa shape index (κ1) is 15.5. The van der Waals surface area contributed by atoms with E-state index in [4.69, 9.17) is 0 Å². The van der Waals surface area contributed by atoms with Gasteiger partial charge in [-0.05, 0) is 43.7 Å². The Morgan fingerprint density at radius 2 is 1.96 bits per heavy atom. The number of aryl methyl sites for hydroxylation is 1. The van der Waals surface area contributed by atoms with Crippen LogP contribution in [0.1, 0.15) is 55.7 Å². The van der Waals surface area contributed by atoms with Gasteiger partial charge in [0.15, 0.2) is 17.5 Å². The monoisotopic (exact) mass is 334 g/mol. The van der Waals surface area contributed by atoms with E-state index >= 15 is 0 Å². The SMILES string of the molecule is N#C[C@@]1(C(=O)N[C@@H]2CCc3cc(F)c(F)c(F)c32)CC12CCCC2. The number of hydrogen-bond donors (Lipinski definition) is 1. The van der Waals surface area contributed by atoms with Gasteiger partial charge in [-0.25, -0.2) is 13.2 Å². The number of nitrogens with zero attached hydrogens (tertiary/aromatic N) is 1. The quantitative estimate of drug-likeness (QED) is 0.839. The molecule has 0 aliphatic heterocycles. The lowest BCUT2D eigenvalue weighted by molar-refractivity contribution is -0.126. The average Bonchev–Trinajstić information content (AvgIpc) is 2.85. The summed E-state index contributed by atoms with van der Waals surface area (Å²) in [5.74, 6) is -4.35. The second kappa shape index (κ2) is 4.98. The van der Waals surface area contributed by atoms with Gasteiger partial charge < -0.3 is 5.32 Å². The minimum absolute atomic E-state index is 0.0245. The number of carbonyl (C=O) groups is 1. The van der Waals surface area contributed by atoms with Crippen LogP contribution in [0.2, 0.25) is 0 Å². The zero-order chi connectivity index (χ0) is 17.1. The third-order valence-electron chi connectivity index (χ3n) is 6.16. The topological polar surface area (TPSA) is 52.9 Å². The van der Waals surface area contributed by atoms with E-state index in [1.807, 2.05) is 0 Å². The van der Waals surface area contributed by atoms with Crippen molar-refractivity contribution >= 4 is 5.91 Å². The number of nitriles is 1. The molecule has 0 saturated heterocycles. The van der Waals surface area contributed by atoms with Crippen molar-refractivity contribution in [3.8, 4) is 6.07 Å². The maximum absolute atomic E-state index is 14.1. The molecule has 1 aromatic carbocycles. The van der Waals surface area contributed by atoms with E-state index in [1.54, 1.807) is 0 Å². The molecule has 24 heavy (non-hydrogen) atoms. The summed E-state index contributed by atoms with van der Waals surface area (Å²) in [6.45, 7) is 0. The van der Waals surface area contributed by atoms with Crippen LogP contribution in [0.25, 0.3) is 0 Å². The van der Waals surface area contributed by atoms with Crippen LogP contribution in [0.15, 0.2) is 6.07 Å². The molecule has 1 aromatic rings. The van der Waals surface area contributed by atoms with E-state index in [1.165, 1.54) is 0 Å². The molecule has 1 spiro atoms. The highest BCUT2D eigenvalue weighted by atomic mass is 19.2. The Morgan fingerprint density at radius 3 is 2.62 bits per heavy atom. The molecule has 6 heteroatoms. The molecule has 1 N–H and O–H groups in total. The van der Waals surface area contributed by atoms with Gasteiger partial charge in [0.25, 0.3) is 0 Å². The molecule has 2 saturated carbocycles. The van der Waals surface area contributed by atoms with Gasteiger partial charge in [-0.3, -0.25) is 4.79 Å². The summed E-state index contributed by atoms with van der Waals surface area (Å²) in [5.41, 5.74) is -0.869. The first-order valence-corrected chi connectivity index (χ1v) is 8.33. The Hall–Kier alpha value is -2.03. The average molecular weight is 334 g/mol. The van der Waals surface area contributed by atoms with Crippen molar-refractivity contribution in [1.29, 1.82) is 5.26 Å². The summed E-state index contributed by atoms with van der Waals surface area (Å²) >= 11 is 0. The van der Waals surface area contributed by atoms with Gasteiger partial charge >= 0.3 is 0 Å². The number of amides is 1. The lowest BCUT2D eigenvalue weighted by atomic mass is 9.91. The Morgan fingerprint density at radius 1 is 1.25 bits per heavy atom. The summed E-state index contributed by atoms with van der Waals surface area (Å²) in [7, 11) is 0. The molecule has 0 heterocycles. The van der Waals surface area contributed by atoms with Crippen molar-refractivity contribution < 1.29 is 18.0 Å². The normalized spacial score (nSPS) is 29.3. The van der Waals surface area contributed by atoms with Crippen LogP contribution in [0.4, 0.5) is 13.2 Å². The molecule has 4 rings (SSSR count). The molecule has 0 bridgehead atoms. The Labute approximate surface area is 137 Å². The summed E-state index contributed by atoms with van der Waals surface area (Å²) < 4.78 is 41.0. The molecule has 0 aromatic heterocycles. The van der Waals surface area contributed by atoms with Gasteiger partial charge in [0.1, 0.15) is 5.41 Å². The van der Waals surface area contributed by atoms with Crippen molar-refractivity contribution in [2.75, 3.05) is 0 Å². The van der Waals surface area contributed by atoms with E-state index in [-0.39, 0.29) is 11.0 Å². The van der Waals surface area contributed by atoms with Crippen LogP contribution in [0, 0.1) is 39.6 Å². The number of carbonyl (C=O) groups excluding carboxylic acids is 1. The summed E-state index contributed by atoms with van der Waals surface area (Å²) in [6.07, 6.45) is 5.06. The van der Waals surface area contributed by atoms with Crippen molar-refractivity contribution in [2.24, 2.45) is 10.8 Å². The Kier molecular flexibility index (Phi) is 3.22. The fraction of sp³-hybridized carbons (Fsp3) is 0.556. The largest absolute Gasteiger partial charge is 0.348 e. The fourth-order valence-corrected chi connectivity index (χ4v) is 4.76. The molecular formula is C18H17F3N2O. The standard InChI is InChI=1S/C18H17F3N2O/c19-11-7-10-3-4-12(13(10)15(21)14(11)20)23-16(24)18(9-22)8-17(18)5-1-2-6-17/h7,12H,1-6,8H2,(H,23,24)/t12-,18-/m1/s1. The van der Waals surface area contributed by atoms with E-state index in [0.29, 0.717) is 24.8 Å². The minimum Gasteiger partial charge on any atom is -0.348 e. The van der Waals surface area contributed by atoms with Gasteiger partial charge in [-0.1, -0.05) is 12.8 Å². The third-order valence-corrected chi connectivity index (χ3v) is 6.16. The molecule has 3 aliphatic carbocycles. The zero-order valence-electron chi connectivity index (χ0n) is 13.1. The lowest BCUT2D eigenvalue weighted by Crippen LogP contribution is -2.36. The molecule has 2 atom stereocenters. The number of nitrogens with one attached hydrogen (secondary N) is 1. The highest BCUT2D eigenvalue weighted by Gasteiger charge is 2.73. The maximum Gasteiger partial charge on any atom is 0.241 e. The number of halogens is 3. The minimum atomic E-state index is -1.51. The molecule has 3 aliphatic rings. The van der Waals surface area contributed by atoms with Crippen molar-refractivity contribution in [3.05, 3.63) is 34.6 Å². The van der Waals surface area contributed by atoms with E-state index in [0.717, 1.165) is 31.7 Å². The van der Waals surface area contributed by atoms with Gasteiger partial charge in [-0.2, -0.15) is 5.26 Å². The van der Waals surface area contributed by atoms with E-state index in [2.05, 4.69) is 11.4 Å². The van der Waals surface area contributed by atoms with Crippen LogP contribution in [0.3, 0.4) is 0 Å². The van der Waals surface area contributed by atoms with Crippen LogP contribution in [0.5, 0.6) is 0 Å². The third kappa shape index (κ3) is 1.87. The van der Waals surface area contributed by atoms with Crippen molar-refractivity contribution in [2.45, 2.75) is 51.0 Å². The van der Waals surface area contributed by atoms with E-state index in [9.17, 15) is 23.2 Å². The molecule has 2 fully saturated rings. The smallest absolute Gasteiger partial charge is 0.241 e. The van der Waals surface area contributed by atoms with Gasteiger partial charge in [0.2, 0.25) is 5.91 Å². The highest BCUT2D eigenvalue weighted by molar-refractivity contribution is 5.90. The van der Waals surface area contributed by atoms with Crippen LogP contribution < -0.4 is 5.32 Å². The fourth-order valence-electron chi connectivity index (χ4n) is 4.76. The molecule has 1 amide bonds. The molecule has 126 valence electrons. The summed E-state index contributed by atoms with van der Waals surface area (Å²) in [4.78, 5) is 12.7. The summed E-state index contributed by atoms with van der Waals surface area (Å²) in [5, 5.41) is 12.3. The predicted octanol–water partition coefficient (Wildman–Crippen LogP) is 3.68. The zero-order valence-corrected chi connectivity index (χ0v) is 13.1. The van der Waals surface area contributed by atoms with Crippen LogP contribution in [-0.4, -0.2) is 5.91 Å². The second-order valence-electron chi connectivity index (χ2n) is 7.31. The van der Waals surface area contributed by atoms with Gasteiger partial charge in [0.05, 0.1) is 12.1 Å². The van der Waals surface area contributed by atoms with Crippen LogP contribution >= 0.6 is 0 Å². The summed E-state index contributed by atoms with van der Waals surface area (Å²) in [6, 6.07) is 2.47. The first-order chi connectivity index (χ1) is 11.4. The highest BCUT2D eigenvalue weighted by Crippen LogP contribution is 2.71.